The van der Waals surface area contributed by atoms with E-state index in [1.165, 1.54) is 11.5 Å². The highest BCUT2D eigenvalue weighted by Gasteiger charge is 2.15. The molecular formula is C22H19N3O3S. The van der Waals surface area contributed by atoms with Crippen LogP contribution in [0.3, 0.4) is 0 Å². The lowest BCUT2D eigenvalue weighted by molar-refractivity contribution is 0.0938. The van der Waals surface area contributed by atoms with E-state index in [0.717, 1.165) is 15.8 Å². The molecule has 0 saturated heterocycles. The van der Waals surface area contributed by atoms with Gasteiger partial charge in [0, 0.05) is 29.1 Å². The molecule has 2 aromatic heterocycles. The van der Waals surface area contributed by atoms with E-state index in [9.17, 15) is 9.59 Å². The monoisotopic (exact) mass is 405 g/mol. The lowest BCUT2D eigenvalue weighted by Crippen LogP contribution is -2.33. The van der Waals surface area contributed by atoms with E-state index in [1.54, 1.807) is 30.5 Å². The van der Waals surface area contributed by atoms with Gasteiger partial charge in [-0.05, 0) is 60.9 Å². The molecule has 0 aliphatic heterocycles. The highest BCUT2D eigenvalue weighted by atomic mass is 32.1. The molecule has 1 atom stereocenters. The van der Waals surface area contributed by atoms with Gasteiger partial charge in [0.25, 0.3) is 11.8 Å². The van der Waals surface area contributed by atoms with E-state index in [0.29, 0.717) is 23.4 Å². The van der Waals surface area contributed by atoms with Gasteiger partial charge in [0.2, 0.25) is 0 Å². The summed E-state index contributed by atoms with van der Waals surface area (Å²) in [5, 5.41) is 6.61. The molecule has 0 spiro atoms. The number of hydrogen-bond acceptors (Lipinski definition) is 5. The first-order chi connectivity index (χ1) is 14.1. The molecule has 0 aliphatic rings. The van der Waals surface area contributed by atoms with Crippen molar-refractivity contribution >= 4 is 39.1 Å². The van der Waals surface area contributed by atoms with Crippen LogP contribution in [0.15, 0.2) is 71.3 Å². The summed E-state index contributed by atoms with van der Waals surface area (Å²) in [6.07, 6.45) is 2.24. The van der Waals surface area contributed by atoms with Crippen LogP contribution in [-0.4, -0.2) is 22.2 Å². The van der Waals surface area contributed by atoms with E-state index < -0.39 is 0 Å². The maximum absolute atomic E-state index is 12.5. The van der Waals surface area contributed by atoms with Crippen molar-refractivity contribution in [3.63, 3.8) is 0 Å². The molecule has 0 unspecified atom stereocenters. The summed E-state index contributed by atoms with van der Waals surface area (Å²) in [5.74, 6) is 0.379. The molecule has 2 amide bonds. The minimum absolute atomic E-state index is 0.0639. The maximum atomic E-state index is 12.5. The van der Waals surface area contributed by atoms with E-state index in [2.05, 4.69) is 15.0 Å². The van der Waals surface area contributed by atoms with Crippen molar-refractivity contribution in [3.05, 3.63) is 83.9 Å². The van der Waals surface area contributed by atoms with Crippen molar-refractivity contribution in [1.82, 2.24) is 9.69 Å². The Morgan fingerprint density at radius 1 is 1.03 bits per heavy atom. The van der Waals surface area contributed by atoms with Crippen LogP contribution in [0.4, 0.5) is 5.69 Å². The highest BCUT2D eigenvalue weighted by molar-refractivity contribution is 7.13. The molecule has 0 fully saturated rings. The Balaban J connectivity index is 1.38. The summed E-state index contributed by atoms with van der Waals surface area (Å²) in [4.78, 5) is 25.0. The second-order valence-corrected chi connectivity index (χ2v) is 7.52. The first kappa shape index (κ1) is 18.9. The second-order valence-electron chi connectivity index (χ2n) is 6.72. The molecule has 2 N–H and O–H groups in total. The Kier molecular flexibility index (Phi) is 5.39. The van der Waals surface area contributed by atoms with Crippen molar-refractivity contribution in [2.24, 2.45) is 0 Å². The van der Waals surface area contributed by atoms with E-state index in [4.69, 9.17) is 4.42 Å². The minimum atomic E-state index is -0.272. The summed E-state index contributed by atoms with van der Waals surface area (Å²) in [7, 11) is 0. The predicted molar refractivity (Wildman–Crippen MR) is 113 cm³/mol. The van der Waals surface area contributed by atoms with Gasteiger partial charge in [-0.2, -0.15) is 4.37 Å². The van der Waals surface area contributed by atoms with Gasteiger partial charge in [0.15, 0.2) is 0 Å². The summed E-state index contributed by atoms with van der Waals surface area (Å²) < 4.78 is 10.5. The number of amides is 2. The number of anilines is 1. The largest absolute Gasteiger partial charge is 0.469 e. The van der Waals surface area contributed by atoms with E-state index in [-0.39, 0.29) is 17.9 Å². The topological polar surface area (TPSA) is 84.2 Å². The highest BCUT2D eigenvalue weighted by Crippen LogP contribution is 2.23. The van der Waals surface area contributed by atoms with Gasteiger partial charge in [-0.25, -0.2) is 0 Å². The third-order valence-corrected chi connectivity index (χ3v) is 5.29. The van der Waals surface area contributed by atoms with Gasteiger partial charge in [0.1, 0.15) is 11.5 Å². The van der Waals surface area contributed by atoms with Gasteiger partial charge in [-0.15, -0.1) is 0 Å². The lowest BCUT2D eigenvalue weighted by atomic mass is 10.1. The zero-order valence-corrected chi connectivity index (χ0v) is 16.5. The molecule has 6 nitrogen and oxygen atoms in total. The fourth-order valence-corrected chi connectivity index (χ4v) is 3.81. The Bertz CT molecular complexity index is 1130. The number of carbonyl (C=O) groups excluding carboxylic acids is 2. The molecule has 4 rings (SSSR count). The summed E-state index contributed by atoms with van der Waals surface area (Å²) in [6.45, 7) is 1.92. The van der Waals surface area contributed by atoms with Gasteiger partial charge in [-0.1, -0.05) is 18.2 Å². The predicted octanol–water partition coefficient (Wildman–Crippen LogP) is 4.50. The fraction of sp³-hybridized carbons (Fsp3) is 0.136. The molecule has 2 heterocycles. The number of nitrogens with one attached hydrogen (secondary N) is 2. The summed E-state index contributed by atoms with van der Waals surface area (Å²) in [5.41, 5.74) is 1.53. The molecule has 0 aliphatic carbocycles. The van der Waals surface area contributed by atoms with Crippen LogP contribution in [0.5, 0.6) is 0 Å². The van der Waals surface area contributed by atoms with Crippen molar-refractivity contribution in [3.8, 4) is 0 Å². The average molecular weight is 405 g/mol. The Hall–Kier alpha value is -3.45. The molecular weight excluding hydrogens is 386 g/mol. The molecule has 146 valence electrons. The summed E-state index contributed by atoms with van der Waals surface area (Å²) in [6, 6.07) is 18.0. The third-order valence-electron chi connectivity index (χ3n) is 4.46. The van der Waals surface area contributed by atoms with Crippen molar-refractivity contribution in [2.45, 2.75) is 19.4 Å². The normalized spacial score (nSPS) is 11.9. The maximum Gasteiger partial charge on any atom is 0.276 e. The van der Waals surface area contributed by atoms with Crippen LogP contribution in [-0.2, 0) is 6.42 Å². The van der Waals surface area contributed by atoms with Gasteiger partial charge >= 0.3 is 0 Å². The van der Waals surface area contributed by atoms with Gasteiger partial charge in [-0.3, -0.25) is 9.59 Å². The number of nitrogens with zero attached hydrogens (tertiary/aromatic N) is 1. The number of benzene rings is 2. The number of aromatic nitrogens is 1. The quantitative estimate of drug-likeness (QED) is 0.495. The summed E-state index contributed by atoms with van der Waals surface area (Å²) >= 11 is 1.30. The van der Waals surface area contributed by atoms with Gasteiger partial charge < -0.3 is 15.1 Å². The van der Waals surface area contributed by atoms with Crippen LogP contribution >= 0.6 is 11.5 Å². The molecule has 7 heteroatoms. The van der Waals surface area contributed by atoms with Crippen LogP contribution in [0, 0.1) is 0 Å². The number of rotatable bonds is 6. The van der Waals surface area contributed by atoms with Crippen LogP contribution in [0.2, 0.25) is 0 Å². The van der Waals surface area contributed by atoms with Crippen molar-refractivity contribution in [1.29, 1.82) is 0 Å². The van der Waals surface area contributed by atoms with Crippen molar-refractivity contribution in [2.75, 3.05) is 5.32 Å². The van der Waals surface area contributed by atoms with Crippen LogP contribution in [0.1, 0.15) is 33.5 Å². The zero-order chi connectivity index (χ0) is 20.2. The van der Waals surface area contributed by atoms with Crippen LogP contribution < -0.4 is 10.6 Å². The number of carbonyl (C=O) groups is 2. The Labute approximate surface area is 171 Å². The first-order valence-electron chi connectivity index (χ1n) is 9.19. The van der Waals surface area contributed by atoms with E-state index >= 15 is 0 Å². The molecule has 0 bridgehead atoms. The molecule has 2 aromatic carbocycles. The number of hydrogen-bond donors (Lipinski definition) is 2. The number of furan rings is 1. The molecule has 0 radical (unpaired) electrons. The van der Waals surface area contributed by atoms with Crippen LogP contribution in [0.25, 0.3) is 10.1 Å². The molecule has 4 aromatic rings. The Morgan fingerprint density at radius 3 is 2.59 bits per heavy atom. The third kappa shape index (κ3) is 4.35. The second kappa shape index (κ2) is 8.28. The smallest absolute Gasteiger partial charge is 0.276 e. The van der Waals surface area contributed by atoms with Crippen molar-refractivity contribution < 1.29 is 14.0 Å². The SMILES string of the molecule is C[C@@H](Cc1ccco1)NC(=O)c1ccc(NC(=O)c2nsc3ccccc23)cc1. The lowest BCUT2D eigenvalue weighted by Gasteiger charge is -2.13. The number of fused-ring (bicyclic) bond motifs is 1. The van der Waals surface area contributed by atoms with Gasteiger partial charge in [0.05, 0.1) is 11.0 Å². The molecule has 29 heavy (non-hydrogen) atoms. The minimum Gasteiger partial charge on any atom is -0.469 e. The van der Waals surface area contributed by atoms with E-state index in [1.807, 2.05) is 43.3 Å². The molecule has 0 saturated carbocycles. The average Bonchev–Trinajstić information content (AvgIpc) is 3.38. The fourth-order valence-electron chi connectivity index (χ4n) is 3.03. The Morgan fingerprint density at radius 2 is 1.83 bits per heavy atom. The zero-order valence-electron chi connectivity index (χ0n) is 15.7. The standard InChI is InChI=1S/C22H19N3O3S/c1-14(13-17-5-4-12-28-17)23-21(26)15-8-10-16(11-9-15)24-22(27)20-18-6-2-3-7-19(18)29-25-20/h2-12,14H,13H2,1H3,(H,23,26)(H,24,27)/t14-/m0/s1. The first-order valence-corrected chi connectivity index (χ1v) is 9.96.